The fraction of sp³-hybridized carbons (Fsp3) is 0.714. The molecule has 74 valence electrons. The van der Waals surface area contributed by atoms with E-state index >= 15 is 0 Å². The fourth-order valence-electron chi connectivity index (χ4n) is 1.42. The van der Waals surface area contributed by atoms with Crippen molar-refractivity contribution >= 4 is 12.3 Å². The minimum atomic E-state index is -1.40. The number of carboxylic acid groups (broad SMARTS) is 2. The maximum Gasteiger partial charge on any atom is 0.506 e. The second-order valence-corrected chi connectivity index (χ2v) is 2.78. The van der Waals surface area contributed by atoms with Gasteiger partial charge in [0.25, 0.3) is 0 Å². The first-order chi connectivity index (χ1) is 6.09. The van der Waals surface area contributed by atoms with E-state index in [9.17, 15) is 9.59 Å². The highest BCUT2D eigenvalue weighted by molar-refractivity contribution is 5.58. The Balaban J connectivity index is 2.43. The normalized spacial score (nSPS) is 26.8. The first kappa shape index (κ1) is 9.63. The summed E-state index contributed by atoms with van der Waals surface area (Å²) in [6, 6.07) is 0. The van der Waals surface area contributed by atoms with Gasteiger partial charge in [0.1, 0.15) is 12.2 Å². The Labute approximate surface area is 74.1 Å². The minimum absolute atomic E-state index is 0.518. The zero-order chi connectivity index (χ0) is 9.84. The summed E-state index contributed by atoms with van der Waals surface area (Å²) in [7, 11) is 0. The number of ether oxygens (including phenoxy) is 2. The zero-order valence-corrected chi connectivity index (χ0v) is 6.80. The second-order valence-electron chi connectivity index (χ2n) is 2.78. The molecule has 0 unspecified atom stereocenters. The lowest BCUT2D eigenvalue weighted by Gasteiger charge is -2.16. The van der Waals surface area contributed by atoms with Crippen molar-refractivity contribution in [1.82, 2.24) is 0 Å². The van der Waals surface area contributed by atoms with E-state index in [4.69, 9.17) is 10.2 Å². The zero-order valence-electron chi connectivity index (χ0n) is 6.80. The fourth-order valence-corrected chi connectivity index (χ4v) is 1.42. The standard InChI is InChI=1S/C7H10O6/c8-6(9)12-4-2-1-3-5(4)13-7(10)11/h4-5H,1-3H2,(H,8,9)(H,10,11)/t4-,5+. The largest absolute Gasteiger partial charge is 0.506 e. The van der Waals surface area contributed by atoms with Gasteiger partial charge in [0.05, 0.1) is 0 Å². The molecule has 6 heteroatoms. The van der Waals surface area contributed by atoms with Crippen LogP contribution < -0.4 is 0 Å². The third-order valence-electron chi connectivity index (χ3n) is 1.90. The van der Waals surface area contributed by atoms with Crippen molar-refractivity contribution in [3.05, 3.63) is 0 Å². The van der Waals surface area contributed by atoms with E-state index in [1.807, 2.05) is 0 Å². The third-order valence-corrected chi connectivity index (χ3v) is 1.90. The van der Waals surface area contributed by atoms with Crippen LogP contribution in [0, 0.1) is 0 Å². The second kappa shape index (κ2) is 3.97. The topological polar surface area (TPSA) is 93.1 Å². The lowest BCUT2D eigenvalue weighted by atomic mass is 10.2. The monoisotopic (exact) mass is 190 g/mol. The molecule has 0 aliphatic heterocycles. The van der Waals surface area contributed by atoms with E-state index in [1.165, 1.54) is 0 Å². The molecule has 1 fully saturated rings. The number of rotatable bonds is 2. The lowest BCUT2D eigenvalue weighted by molar-refractivity contribution is -0.0256. The molecule has 0 saturated heterocycles. The summed E-state index contributed by atoms with van der Waals surface area (Å²) in [5.41, 5.74) is 0. The van der Waals surface area contributed by atoms with Crippen molar-refractivity contribution in [2.75, 3.05) is 0 Å². The molecule has 0 aromatic carbocycles. The summed E-state index contributed by atoms with van der Waals surface area (Å²) < 4.78 is 8.91. The Morgan fingerprint density at radius 2 is 1.38 bits per heavy atom. The van der Waals surface area contributed by atoms with E-state index in [2.05, 4.69) is 9.47 Å². The molecule has 0 heterocycles. The van der Waals surface area contributed by atoms with Gasteiger partial charge in [-0.2, -0.15) is 0 Å². The van der Waals surface area contributed by atoms with E-state index < -0.39 is 24.5 Å². The van der Waals surface area contributed by atoms with E-state index in [1.54, 1.807) is 0 Å². The van der Waals surface area contributed by atoms with Crippen molar-refractivity contribution in [3.63, 3.8) is 0 Å². The minimum Gasteiger partial charge on any atom is -0.450 e. The van der Waals surface area contributed by atoms with E-state index in [-0.39, 0.29) is 0 Å². The maximum absolute atomic E-state index is 10.2. The van der Waals surface area contributed by atoms with Gasteiger partial charge in [-0.1, -0.05) is 0 Å². The average molecular weight is 190 g/mol. The SMILES string of the molecule is O=C(O)O[C@H]1CCC[C@H]1OC(=O)O. The Kier molecular flexibility index (Phi) is 2.94. The molecule has 1 rings (SSSR count). The summed E-state index contributed by atoms with van der Waals surface area (Å²) in [5.74, 6) is 0. The van der Waals surface area contributed by atoms with Crippen LogP contribution in [0.3, 0.4) is 0 Å². The van der Waals surface area contributed by atoms with Crippen molar-refractivity contribution in [3.8, 4) is 0 Å². The molecule has 0 bridgehead atoms. The van der Waals surface area contributed by atoms with Gasteiger partial charge in [0.2, 0.25) is 0 Å². The predicted molar refractivity (Wildman–Crippen MR) is 39.6 cm³/mol. The highest BCUT2D eigenvalue weighted by atomic mass is 16.7. The van der Waals surface area contributed by atoms with Crippen LogP contribution in [-0.2, 0) is 9.47 Å². The molecular formula is C7H10O6. The molecular weight excluding hydrogens is 180 g/mol. The maximum atomic E-state index is 10.2. The highest BCUT2D eigenvalue weighted by Gasteiger charge is 2.33. The van der Waals surface area contributed by atoms with Gasteiger partial charge in [-0.05, 0) is 19.3 Å². The summed E-state index contributed by atoms with van der Waals surface area (Å²) in [6.07, 6.45) is -2.33. The number of hydrogen-bond donors (Lipinski definition) is 2. The van der Waals surface area contributed by atoms with Gasteiger partial charge in [0, 0.05) is 0 Å². The van der Waals surface area contributed by atoms with Gasteiger partial charge in [-0.3, -0.25) is 0 Å². The lowest BCUT2D eigenvalue weighted by Crippen LogP contribution is -2.29. The first-order valence-electron chi connectivity index (χ1n) is 3.88. The van der Waals surface area contributed by atoms with Gasteiger partial charge >= 0.3 is 12.3 Å². The molecule has 2 N–H and O–H groups in total. The molecule has 6 nitrogen and oxygen atoms in total. The van der Waals surface area contributed by atoms with Crippen LogP contribution in [0.4, 0.5) is 9.59 Å². The van der Waals surface area contributed by atoms with E-state index in [0.29, 0.717) is 12.8 Å². The Hall–Kier alpha value is -1.46. The van der Waals surface area contributed by atoms with Gasteiger partial charge in [-0.15, -0.1) is 0 Å². The van der Waals surface area contributed by atoms with Crippen LogP contribution >= 0.6 is 0 Å². The van der Waals surface area contributed by atoms with Gasteiger partial charge < -0.3 is 19.7 Å². The molecule has 1 aliphatic rings. The molecule has 13 heavy (non-hydrogen) atoms. The first-order valence-corrected chi connectivity index (χ1v) is 3.88. The molecule has 0 amide bonds. The van der Waals surface area contributed by atoms with Crippen molar-refractivity contribution in [2.24, 2.45) is 0 Å². The Morgan fingerprint density at radius 3 is 1.69 bits per heavy atom. The molecule has 0 aromatic heterocycles. The molecule has 1 saturated carbocycles. The van der Waals surface area contributed by atoms with Crippen LogP contribution in [0.15, 0.2) is 0 Å². The summed E-state index contributed by atoms with van der Waals surface area (Å²) in [5, 5.41) is 16.6. The van der Waals surface area contributed by atoms with Crippen LogP contribution in [0.1, 0.15) is 19.3 Å². The molecule has 2 atom stereocenters. The smallest absolute Gasteiger partial charge is 0.450 e. The van der Waals surface area contributed by atoms with E-state index in [0.717, 1.165) is 6.42 Å². The molecule has 1 aliphatic carbocycles. The van der Waals surface area contributed by atoms with Crippen molar-refractivity contribution in [1.29, 1.82) is 0 Å². The predicted octanol–water partition coefficient (Wildman–Crippen LogP) is 1.30. The van der Waals surface area contributed by atoms with Crippen LogP contribution in [0.5, 0.6) is 0 Å². The van der Waals surface area contributed by atoms with Crippen molar-refractivity contribution < 1.29 is 29.3 Å². The molecule has 0 radical (unpaired) electrons. The number of hydrogen-bond acceptors (Lipinski definition) is 4. The van der Waals surface area contributed by atoms with Crippen LogP contribution in [0.2, 0.25) is 0 Å². The number of carbonyl (C=O) groups is 2. The van der Waals surface area contributed by atoms with Gasteiger partial charge in [-0.25, -0.2) is 9.59 Å². The quantitative estimate of drug-likeness (QED) is 0.637. The third kappa shape index (κ3) is 2.81. The van der Waals surface area contributed by atoms with Crippen molar-refractivity contribution in [2.45, 2.75) is 31.5 Å². The van der Waals surface area contributed by atoms with Gasteiger partial charge in [0.15, 0.2) is 0 Å². The average Bonchev–Trinajstić information content (AvgIpc) is 2.34. The molecule has 0 spiro atoms. The highest BCUT2D eigenvalue weighted by Crippen LogP contribution is 2.24. The summed E-state index contributed by atoms with van der Waals surface area (Å²) in [6.45, 7) is 0. The van der Waals surface area contributed by atoms with Crippen LogP contribution in [0.25, 0.3) is 0 Å². The Bertz CT molecular complexity index is 191. The van der Waals surface area contributed by atoms with Crippen LogP contribution in [-0.4, -0.2) is 34.7 Å². The molecule has 0 aromatic rings. The summed E-state index contributed by atoms with van der Waals surface area (Å²) in [4.78, 5) is 20.3. The Morgan fingerprint density at radius 1 is 1.00 bits per heavy atom. The summed E-state index contributed by atoms with van der Waals surface area (Å²) >= 11 is 0.